The van der Waals surface area contributed by atoms with E-state index in [2.05, 4.69) is 31.1 Å². The van der Waals surface area contributed by atoms with Gasteiger partial charge in [-0.05, 0) is 31.2 Å². The van der Waals surface area contributed by atoms with Crippen molar-refractivity contribution in [3.8, 4) is 0 Å². The smallest absolute Gasteiger partial charge is 0.326 e. The molecule has 27 heavy (non-hydrogen) atoms. The lowest BCUT2D eigenvalue weighted by Crippen LogP contribution is -2.35. The largest absolute Gasteiger partial charge is 0.480 e. The van der Waals surface area contributed by atoms with Crippen LogP contribution in [0.1, 0.15) is 39.2 Å². The molecule has 0 aliphatic heterocycles. The summed E-state index contributed by atoms with van der Waals surface area (Å²) < 4.78 is 1.77. The van der Waals surface area contributed by atoms with Crippen LogP contribution in [0.5, 0.6) is 0 Å². The fourth-order valence-electron chi connectivity index (χ4n) is 2.16. The molecule has 1 atom stereocenters. The summed E-state index contributed by atoms with van der Waals surface area (Å²) >= 11 is 0. The summed E-state index contributed by atoms with van der Waals surface area (Å²) in [6, 6.07) is 2.89. The number of aliphatic carboxylic acids is 1. The minimum absolute atomic E-state index is 0.0276. The lowest BCUT2D eigenvalue weighted by atomic mass is 9.97. The Morgan fingerprint density at radius 2 is 2.04 bits per heavy atom. The lowest BCUT2D eigenvalue weighted by Gasteiger charge is -2.19. The van der Waals surface area contributed by atoms with E-state index in [0.717, 1.165) is 12.1 Å². The molecule has 9 heteroatoms. The molecule has 0 aliphatic rings. The van der Waals surface area contributed by atoms with Gasteiger partial charge in [0.2, 0.25) is 6.41 Å². The van der Waals surface area contributed by atoms with Crippen molar-refractivity contribution in [3.05, 3.63) is 34.2 Å². The summed E-state index contributed by atoms with van der Waals surface area (Å²) in [7, 11) is 0. The molecule has 0 spiro atoms. The summed E-state index contributed by atoms with van der Waals surface area (Å²) in [5.41, 5.74) is 11.2. The summed E-state index contributed by atoms with van der Waals surface area (Å²) in [4.78, 5) is 35.8. The molecule has 0 saturated heterocycles. The highest BCUT2D eigenvalue weighted by molar-refractivity contribution is 5.76. The van der Waals surface area contributed by atoms with Gasteiger partial charge < -0.3 is 26.5 Å². The van der Waals surface area contributed by atoms with Gasteiger partial charge >= 0.3 is 5.97 Å². The number of carbonyl (C=O) groups excluding carboxylic acids is 1. The number of guanidine groups is 1. The number of carbonyl (C=O) groups is 2. The zero-order valence-corrected chi connectivity index (χ0v) is 16.4. The first-order valence-corrected chi connectivity index (χ1v) is 8.62. The van der Waals surface area contributed by atoms with Gasteiger partial charge in [0.25, 0.3) is 5.56 Å². The number of amides is 1. The van der Waals surface area contributed by atoms with Crippen LogP contribution in [-0.4, -0.2) is 40.6 Å². The van der Waals surface area contributed by atoms with E-state index in [9.17, 15) is 14.4 Å². The molecule has 6 N–H and O–H groups in total. The summed E-state index contributed by atoms with van der Waals surface area (Å²) in [5, 5.41) is 10.8. The van der Waals surface area contributed by atoms with Crippen LogP contribution in [0.25, 0.3) is 0 Å². The van der Waals surface area contributed by atoms with Gasteiger partial charge in [-0.2, -0.15) is 0 Å². The van der Waals surface area contributed by atoms with Crippen molar-refractivity contribution >= 4 is 18.3 Å². The van der Waals surface area contributed by atoms with Crippen LogP contribution in [0.2, 0.25) is 0 Å². The zero-order chi connectivity index (χ0) is 21.0. The summed E-state index contributed by atoms with van der Waals surface area (Å²) in [6.45, 7) is 9.35. The third kappa shape index (κ3) is 11.4. The summed E-state index contributed by atoms with van der Waals surface area (Å²) in [5.74, 6) is -1.10. The van der Waals surface area contributed by atoms with E-state index >= 15 is 0 Å². The maximum atomic E-state index is 11.6. The molecule has 1 unspecified atom stereocenters. The lowest BCUT2D eigenvalue weighted by molar-refractivity contribution is -0.140. The zero-order valence-electron chi connectivity index (χ0n) is 16.4. The SMILES string of the molecule is Cc1cccn(CC(C)(C)C)c1=O.NC(N)=NCCCC(NC=O)C(=O)O. The number of nitrogens with two attached hydrogens (primary N) is 2. The quantitative estimate of drug-likeness (QED) is 0.222. The van der Waals surface area contributed by atoms with Gasteiger partial charge in [-0.3, -0.25) is 14.6 Å². The third-order valence-electron chi connectivity index (χ3n) is 3.37. The molecular weight excluding hydrogens is 350 g/mol. The molecule has 0 radical (unpaired) electrons. The van der Waals surface area contributed by atoms with E-state index in [0.29, 0.717) is 25.8 Å². The van der Waals surface area contributed by atoms with Gasteiger partial charge in [0.15, 0.2) is 5.96 Å². The Morgan fingerprint density at radius 3 is 2.52 bits per heavy atom. The number of aliphatic imine (C=N–C) groups is 1. The highest BCUT2D eigenvalue weighted by Gasteiger charge is 2.14. The highest BCUT2D eigenvalue weighted by Crippen LogP contribution is 2.14. The number of rotatable bonds is 8. The predicted molar refractivity (Wildman–Crippen MR) is 105 cm³/mol. The molecule has 9 nitrogen and oxygen atoms in total. The van der Waals surface area contributed by atoms with E-state index in [1.54, 1.807) is 4.57 Å². The standard InChI is InChI=1S/C11H17NO.C7H14N4O3/c1-9-6-5-7-12(10(9)13)8-11(2,3)4;8-7(9)10-3-1-2-5(6(13)14)11-4-12/h5-7H,8H2,1-4H3;4-5H,1-3H2,(H,11,12)(H,13,14)(H4,8,9,10). The number of aromatic nitrogens is 1. The van der Waals surface area contributed by atoms with Crippen molar-refractivity contribution in [1.82, 2.24) is 9.88 Å². The number of carboxylic acids is 1. The number of hydrogen-bond acceptors (Lipinski definition) is 4. The Balaban J connectivity index is 0.000000501. The summed E-state index contributed by atoms with van der Waals surface area (Å²) in [6.07, 6.45) is 3.00. The van der Waals surface area contributed by atoms with Crippen LogP contribution < -0.4 is 22.3 Å². The van der Waals surface area contributed by atoms with Crippen molar-refractivity contribution in [3.63, 3.8) is 0 Å². The van der Waals surface area contributed by atoms with Gasteiger partial charge in [0.05, 0.1) is 0 Å². The fraction of sp³-hybridized carbons (Fsp3) is 0.556. The average Bonchev–Trinajstić information content (AvgIpc) is 2.54. The monoisotopic (exact) mass is 381 g/mol. The number of carboxylic acid groups (broad SMARTS) is 1. The molecular formula is C18H31N5O4. The number of nitrogens with zero attached hydrogens (tertiary/aromatic N) is 2. The first kappa shape index (κ1) is 24.2. The molecule has 0 aliphatic carbocycles. The van der Waals surface area contributed by atoms with Crippen LogP contribution in [0.4, 0.5) is 0 Å². The maximum Gasteiger partial charge on any atom is 0.326 e. The van der Waals surface area contributed by atoms with Crippen LogP contribution in [-0.2, 0) is 16.1 Å². The molecule has 152 valence electrons. The molecule has 0 saturated carbocycles. The molecule has 0 bridgehead atoms. The molecule has 1 aromatic rings. The second-order valence-electron chi connectivity index (χ2n) is 7.31. The van der Waals surface area contributed by atoms with Gasteiger partial charge in [-0.15, -0.1) is 0 Å². The van der Waals surface area contributed by atoms with E-state index in [1.165, 1.54) is 0 Å². The fourth-order valence-corrected chi connectivity index (χ4v) is 2.16. The van der Waals surface area contributed by atoms with E-state index < -0.39 is 12.0 Å². The van der Waals surface area contributed by atoms with Gasteiger partial charge in [-0.25, -0.2) is 4.79 Å². The van der Waals surface area contributed by atoms with E-state index in [-0.39, 0.29) is 16.9 Å². The Morgan fingerprint density at radius 1 is 1.41 bits per heavy atom. The Labute approximate surface area is 159 Å². The van der Waals surface area contributed by atoms with E-state index in [4.69, 9.17) is 16.6 Å². The first-order chi connectivity index (χ1) is 12.5. The second kappa shape index (κ2) is 11.7. The van der Waals surface area contributed by atoms with Crippen molar-refractivity contribution in [1.29, 1.82) is 0 Å². The molecule has 1 amide bonds. The normalized spacial score (nSPS) is 11.6. The molecule has 1 aromatic heterocycles. The minimum Gasteiger partial charge on any atom is -0.480 e. The Hall–Kier alpha value is -2.84. The first-order valence-electron chi connectivity index (χ1n) is 8.62. The number of pyridine rings is 1. The molecule has 1 heterocycles. The van der Waals surface area contributed by atoms with Crippen LogP contribution in [0.15, 0.2) is 28.1 Å². The molecule has 1 rings (SSSR count). The van der Waals surface area contributed by atoms with Crippen molar-refractivity contribution in [2.75, 3.05) is 6.54 Å². The van der Waals surface area contributed by atoms with Crippen molar-refractivity contribution in [2.24, 2.45) is 21.9 Å². The third-order valence-corrected chi connectivity index (χ3v) is 3.37. The van der Waals surface area contributed by atoms with Crippen LogP contribution in [0, 0.1) is 12.3 Å². The number of hydrogen-bond donors (Lipinski definition) is 4. The average molecular weight is 381 g/mol. The Bertz CT molecular complexity index is 688. The van der Waals surface area contributed by atoms with Crippen molar-refractivity contribution in [2.45, 2.75) is 53.1 Å². The molecule has 0 fully saturated rings. The van der Waals surface area contributed by atoms with Crippen LogP contribution >= 0.6 is 0 Å². The molecule has 0 aromatic carbocycles. The topological polar surface area (TPSA) is 153 Å². The van der Waals surface area contributed by atoms with Gasteiger partial charge in [-0.1, -0.05) is 26.8 Å². The highest BCUT2D eigenvalue weighted by atomic mass is 16.4. The van der Waals surface area contributed by atoms with Crippen LogP contribution in [0.3, 0.4) is 0 Å². The minimum atomic E-state index is -1.07. The predicted octanol–water partition coefficient (Wildman–Crippen LogP) is 0.442. The number of nitrogens with one attached hydrogen (secondary N) is 1. The van der Waals surface area contributed by atoms with E-state index in [1.807, 2.05) is 25.3 Å². The number of aryl methyl sites for hydroxylation is 1. The van der Waals surface area contributed by atoms with Crippen molar-refractivity contribution < 1.29 is 14.7 Å². The van der Waals surface area contributed by atoms with Gasteiger partial charge in [0.1, 0.15) is 6.04 Å². The maximum absolute atomic E-state index is 11.6. The van der Waals surface area contributed by atoms with Gasteiger partial charge in [0, 0.05) is 24.8 Å². The Kier molecular flexibility index (Phi) is 10.5. The second-order valence-corrected chi connectivity index (χ2v) is 7.31.